The fourth-order valence-electron chi connectivity index (χ4n) is 1.14. The average molecular weight is 286 g/mol. The van der Waals surface area contributed by atoms with E-state index in [2.05, 4.69) is 10.3 Å². The van der Waals surface area contributed by atoms with Gasteiger partial charge in [-0.3, -0.25) is 14.4 Å². The zero-order valence-corrected chi connectivity index (χ0v) is 11.4. The minimum absolute atomic E-state index is 0.0152. The summed E-state index contributed by atoms with van der Waals surface area (Å²) in [5.41, 5.74) is 0. The Morgan fingerprint density at radius 1 is 1.37 bits per heavy atom. The number of nitrogens with zero attached hydrogens (tertiary/aromatic N) is 1. The molecule has 1 N–H and O–H groups in total. The molecule has 0 unspecified atom stereocenters. The van der Waals surface area contributed by atoms with Gasteiger partial charge in [0.2, 0.25) is 11.0 Å². The van der Waals surface area contributed by atoms with Crippen LogP contribution in [0.25, 0.3) is 0 Å². The van der Waals surface area contributed by atoms with Crippen LogP contribution >= 0.6 is 11.3 Å². The van der Waals surface area contributed by atoms with Crippen molar-refractivity contribution >= 4 is 34.3 Å². The lowest BCUT2D eigenvalue weighted by atomic mass is 10.3. The lowest BCUT2D eigenvalue weighted by Gasteiger charge is -2.01. The van der Waals surface area contributed by atoms with Crippen LogP contribution in [0.2, 0.25) is 0 Å². The lowest BCUT2D eigenvalue weighted by Crippen LogP contribution is -2.14. The summed E-state index contributed by atoms with van der Waals surface area (Å²) >= 11 is 1.03. The molecule has 0 saturated heterocycles. The average Bonchev–Trinajstić information content (AvgIpc) is 2.73. The summed E-state index contributed by atoms with van der Waals surface area (Å²) in [5, 5.41) is 3.11. The number of esters is 2. The van der Waals surface area contributed by atoms with Gasteiger partial charge in [0.25, 0.3) is 0 Å². The van der Waals surface area contributed by atoms with E-state index in [-0.39, 0.29) is 18.7 Å². The Bertz CT molecular complexity index is 471. The number of aromatic nitrogens is 1. The molecule has 19 heavy (non-hydrogen) atoms. The highest BCUT2D eigenvalue weighted by Crippen LogP contribution is 2.25. The summed E-state index contributed by atoms with van der Waals surface area (Å²) in [6.07, 6.45) is 1.37. The minimum Gasteiger partial charge on any atom is -0.466 e. The third-order valence-corrected chi connectivity index (χ3v) is 2.63. The first-order chi connectivity index (χ1) is 9.01. The Morgan fingerprint density at radius 2 is 2.11 bits per heavy atom. The molecule has 7 nitrogen and oxygen atoms in total. The summed E-state index contributed by atoms with van der Waals surface area (Å²) in [6, 6.07) is 0. The van der Waals surface area contributed by atoms with Gasteiger partial charge in [0.15, 0.2) is 5.13 Å². The molecule has 1 aromatic heterocycles. The van der Waals surface area contributed by atoms with Crippen LogP contribution in [-0.2, 0) is 19.1 Å². The van der Waals surface area contributed by atoms with Crippen LogP contribution in [0.5, 0.6) is 5.06 Å². The second-order valence-corrected chi connectivity index (χ2v) is 4.42. The number of carbonyl (C=O) groups is 3. The van der Waals surface area contributed by atoms with Crippen LogP contribution in [-0.4, -0.2) is 29.4 Å². The van der Waals surface area contributed by atoms with Gasteiger partial charge in [-0.25, -0.2) is 4.98 Å². The zero-order chi connectivity index (χ0) is 14.3. The molecule has 0 bridgehead atoms. The van der Waals surface area contributed by atoms with E-state index in [0.717, 1.165) is 11.3 Å². The largest absolute Gasteiger partial charge is 0.466 e. The van der Waals surface area contributed by atoms with E-state index in [9.17, 15) is 14.4 Å². The standard InChI is InChI=1S/C11H14N2O5S/c1-3-17-9(16)5-4-8(15)13-11-12-6-10(19-11)18-7(2)14/h6H,3-5H2,1-2H3,(H,12,13,15). The van der Waals surface area contributed by atoms with E-state index in [1.807, 2.05) is 0 Å². The molecule has 0 radical (unpaired) electrons. The molecule has 0 aromatic carbocycles. The molecule has 8 heteroatoms. The highest BCUT2D eigenvalue weighted by molar-refractivity contribution is 7.17. The molecule has 0 aliphatic rings. The number of rotatable bonds is 6. The van der Waals surface area contributed by atoms with Crippen molar-refractivity contribution in [1.29, 1.82) is 0 Å². The van der Waals surface area contributed by atoms with Gasteiger partial charge >= 0.3 is 11.9 Å². The highest BCUT2D eigenvalue weighted by atomic mass is 32.1. The van der Waals surface area contributed by atoms with Crippen molar-refractivity contribution in [1.82, 2.24) is 4.98 Å². The molecule has 0 aliphatic heterocycles. The van der Waals surface area contributed by atoms with E-state index >= 15 is 0 Å². The molecule has 1 aromatic rings. The van der Waals surface area contributed by atoms with Crippen molar-refractivity contribution in [2.75, 3.05) is 11.9 Å². The van der Waals surface area contributed by atoms with Gasteiger partial charge in [-0.05, 0) is 6.92 Å². The fraction of sp³-hybridized carbons (Fsp3) is 0.455. The second kappa shape index (κ2) is 7.47. The number of amides is 1. The summed E-state index contributed by atoms with van der Waals surface area (Å²) in [4.78, 5) is 37.1. The number of hydrogen-bond acceptors (Lipinski definition) is 7. The summed E-state index contributed by atoms with van der Waals surface area (Å²) < 4.78 is 9.50. The molecule has 1 heterocycles. The van der Waals surface area contributed by atoms with Crippen LogP contribution in [0, 0.1) is 0 Å². The highest BCUT2D eigenvalue weighted by Gasteiger charge is 2.11. The molecular formula is C11H14N2O5S. The molecular weight excluding hydrogens is 272 g/mol. The van der Waals surface area contributed by atoms with Crippen LogP contribution in [0.3, 0.4) is 0 Å². The quantitative estimate of drug-likeness (QED) is 0.793. The molecule has 104 valence electrons. The number of carbonyl (C=O) groups excluding carboxylic acids is 3. The molecule has 0 saturated carbocycles. The van der Waals surface area contributed by atoms with Crippen molar-refractivity contribution < 1.29 is 23.9 Å². The van der Waals surface area contributed by atoms with E-state index in [1.54, 1.807) is 6.92 Å². The summed E-state index contributed by atoms with van der Waals surface area (Å²) in [5.74, 6) is -1.22. The fourth-order valence-corrected chi connectivity index (χ4v) is 1.86. The van der Waals surface area contributed by atoms with Crippen molar-refractivity contribution in [3.63, 3.8) is 0 Å². The number of anilines is 1. The van der Waals surface area contributed by atoms with Crippen molar-refractivity contribution in [2.24, 2.45) is 0 Å². The number of hydrogen-bond donors (Lipinski definition) is 1. The van der Waals surface area contributed by atoms with Gasteiger partial charge in [-0.1, -0.05) is 11.3 Å². The monoisotopic (exact) mass is 286 g/mol. The second-order valence-electron chi connectivity index (χ2n) is 3.43. The van der Waals surface area contributed by atoms with E-state index < -0.39 is 11.9 Å². The van der Waals surface area contributed by atoms with Crippen molar-refractivity contribution in [3.8, 4) is 5.06 Å². The Kier molecular flexibility index (Phi) is 5.94. The number of ether oxygens (including phenoxy) is 2. The molecule has 0 atom stereocenters. The van der Waals surface area contributed by atoms with Gasteiger partial charge in [0.05, 0.1) is 19.2 Å². The molecule has 1 rings (SSSR count). The summed E-state index contributed by atoms with van der Waals surface area (Å²) in [6.45, 7) is 3.26. The van der Waals surface area contributed by atoms with Crippen molar-refractivity contribution in [3.05, 3.63) is 6.20 Å². The van der Waals surface area contributed by atoms with E-state index in [1.165, 1.54) is 13.1 Å². The SMILES string of the molecule is CCOC(=O)CCC(=O)Nc1ncc(OC(C)=O)s1. The normalized spacial score (nSPS) is 9.79. The maximum atomic E-state index is 11.5. The predicted molar refractivity (Wildman–Crippen MR) is 67.9 cm³/mol. The van der Waals surface area contributed by atoms with Crippen LogP contribution in [0.4, 0.5) is 5.13 Å². The third-order valence-electron chi connectivity index (χ3n) is 1.84. The van der Waals surface area contributed by atoms with Crippen LogP contribution in [0.1, 0.15) is 26.7 Å². The Balaban J connectivity index is 2.38. The van der Waals surface area contributed by atoms with E-state index in [4.69, 9.17) is 9.47 Å². The summed E-state index contributed by atoms with van der Waals surface area (Å²) in [7, 11) is 0. The number of nitrogens with one attached hydrogen (secondary N) is 1. The topological polar surface area (TPSA) is 94.6 Å². The van der Waals surface area contributed by atoms with Gasteiger partial charge in [-0.2, -0.15) is 0 Å². The third kappa shape index (κ3) is 5.96. The van der Waals surface area contributed by atoms with Gasteiger partial charge in [0, 0.05) is 13.3 Å². The van der Waals surface area contributed by atoms with Gasteiger partial charge in [0.1, 0.15) is 0 Å². The first kappa shape index (κ1) is 15.1. The van der Waals surface area contributed by atoms with Gasteiger partial charge in [-0.15, -0.1) is 0 Å². The maximum absolute atomic E-state index is 11.5. The molecule has 0 spiro atoms. The van der Waals surface area contributed by atoms with E-state index in [0.29, 0.717) is 16.8 Å². The molecule has 0 aliphatic carbocycles. The smallest absolute Gasteiger partial charge is 0.308 e. The first-order valence-corrected chi connectivity index (χ1v) is 6.42. The van der Waals surface area contributed by atoms with Crippen LogP contribution in [0.15, 0.2) is 6.20 Å². The number of thiazole rings is 1. The predicted octanol–water partition coefficient (Wildman–Crippen LogP) is 1.35. The Hall–Kier alpha value is -1.96. The molecule has 0 fully saturated rings. The first-order valence-electron chi connectivity index (χ1n) is 5.61. The minimum atomic E-state index is -0.455. The lowest BCUT2D eigenvalue weighted by molar-refractivity contribution is -0.144. The van der Waals surface area contributed by atoms with Crippen LogP contribution < -0.4 is 10.1 Å². The van der Waals surface area contributed by atoms with Crippen molar-refractivity contribution in [2.45, 2.75) is 26.7 Å². The van der Waals surface area contributed by atoms with Gasteiger partial charge < -0.3 is 14.8 Å². The zero-order valence-electron chi connectivity index (χ0n) is 10.6. The molecule has 1 amide bonds. The Labute approximate surface area is 113 Å². The maximum Gasteiger partial charge on any atom is 0.308 e. The Morgan fingerprint density at radius 3 is 2.74 bits per heavy atom.